The second kappa shape index (κ2) is 7.86. The summed E-state index contributed by atoms with van der Waals surface area (Å²) in [6.07, 6.45) is 0. The molecule has 1 N–H and O–H groups in total. The van der Waals surface area contributed by atoms with E-state index in [0.717, 1.165) is 5.39 Å². The van der Waals surface area contributed by atoms with E-state index in [1.807, 2.05) is 25.1 Å². The van der Waals surface area contributed by atoms with E-state index >= 15 is 0 Å². The van der Waals surface area contributed by atoms with Gasteiger partial charge < -0.3 is 19.5 Å². The Labute approximate surface area is 172 Å². The number of nitrogens with one attached hydrogen (secondary N) is 1. The fraction of sp³-hybridized carbons (Fsp3) is 0.238. The van der Waals surface area contributed by atoms with Crippen LogP contribution in [0.3, 0.4) is 0 Å². The summed E-state index contributed by atoms with van der Waals surface area (Å²) in [6, 6.07) is 14.4. The van der Waals surface area contributed by atoms with Crippen LogP contribution in [0, 0.1) is 10.1 Å². The zero-order valence-electron chi connectivity index (χ0n) is 16.3. The molecule has 2 aromatic carbocycles. The minimum Gasteiger partial charge on any atom is -0.451 e. The van der Waals surface area contributed by atoms with E-state index in [0.29, 0.717) is 25.2 Å². The number of para-hydroxylation sites is 3. The van der Waals surface area contributed by atoms with Crippen LogP contribution in [0.2, 0.25) is 0 Å². The highest BCUT2D eigenvalue weighted by atomic mass is 16.6. The van der Waals surface area contributed by atoms with Gasteiger partial charge in [-0.15, -0.1) is 0 Å². The molecule has 9 nitrogen and oxygen atoms in total. The number of carbonyl (C=O) groups is 2. The van der Waals surface area contributed by atoms with Crippen molar-refractivity contribution in [2.45, 2.75) is 13.0 Å². The van der Waals surface area contributed by atoms with Gasteiger partial charge >= 0.3 is 6.03 Å². The number of anilines is 1. The van der Waals surface area contributed by atoms with Crippen molar-refractivity contribution < 1.29 is 18.9 Å². The van der Waals surface area contributed by atoms with Crippen LogP contribution in [0.1, 0.15) is 17.5 Å². The van der Waals surface area contributed by atoms with Crippen LogP contribution in [-0.2, 0) is 0 Å². The lowest BCUT2D eigenvalue weighted by atomic mass is 10.2. The molecule has 1 aliphatic heterocycles. The van der Waals surface area contributed by atoms with Crippen molar-refractivity contribution in [1.29, 1.82) is 0 Å². The van der Waals surface area contributed by atoms with Gasteiger partial charge in [0.05, 0.1) is 4.92 Å². The van der Waals surface area contributed by atoms with Crippen LogP contribution in [0.5, 0.6) is 0 Å². The molecule has 0 spiro atoms. The molecule has 1 aromatic heterocycles. The van der Waals surface area contributed by atoms with Crippen LogP contribution in [-0.4, -0.2) is 52.3 Å². The van der Waals surface area contributed by atoms with Gasteiger partial charge in [-0.1, -0.05) is 30.3 Å². The highest BCUT2D eigenvalue weighted by Gasteiger charge is 2.32. The summed E-state index contributed by atoms with van der Waals surface area (Å²) < 4.78 is 5.66. The summed E-state index contributed by atoms with van der Waals surface area (Å²) in [7, 11) is 0. The van der Waals surface area contributed by atoms with Crippen LogP contribution in [0.25, 0.3) is 11.0 Å². The van der Waals surface area contributed by atoms with Crippen molar-refractivity contribution in [2.75, 3.05) is 25.0 Å². The normalized spacial score (nSPS) is 16.5. The molecule has 1 unspecified atom stereocenters. The average Bonchev–Trinajstić information content (AvgIpc) is 3.17. The molecule has 0 bridgehead atoms. The summed E-state index contributed by atoms with van der Waals surface area (Å²) in [4.78, 5) is 39.4. The summed E-state index contributed by atoms with van der Waals surface area (Å²) >= 11 is 0. The number of rotatable bonds is 3. The number of piperazine rings is 1. The number of hydrogen-bond acceptors (Lipinski definition) is 5. The first-order chi connectivity index (χ1) is 14.4. The minimum atomic E-state index is -0.539. The maximum Gasteiger partial charge on any atom is 0.322 e. The number of urea groups is 1. The maximum atomic E-state index is 12.8. The van der Waals surface area contributed by atoms with E-state index in [1.165, 1.54) is 12.1 Å². The van der Waals surface area contributed by atoms with Crippen LogP contribution < -0.4 is 5.32 Å². The summed E-state index contributed by atoms with van der Waals surface area (Å²) in [5, 5.41) is 14.6. The number of amides is 3. The van der Waals surface area contributed by atoms with Gasteiger partial charge in [-0.05, 0) is 25.1 Å². The number of nitrogens with zero attached hydrogens (tertiary/aromatic N) is 3. The van der Waals surface area contributed by atoms with Crippen LogP contribution >= 0.6 is 0 Å². The van der Waals surface area contributed by atoms with E-state index in [2.05, 4.69) is 5.32 Å². The van der Waals surface area contributed by atoms with Gasteiger partial charge in [0.2, 0.25) is 0 Å². The van der Waals surface area contributed by atoms with Gasteiger partial charge in [-0.2, -0.15) is 0 Å². The van der Waals surface area contributed by atoms with Crippen LogP contribution in [0.15, 0.2) is 59.0 Å². The largest absolute Gasteiger partial charge is 0.451 e. The maximum absolute atomic E-state index is 12.8. The van der Waals surface area contributed by atoms with Gasteiger partial charge in [0.25, 0.3) is 11.6 Å². The first kappa shape index (κ1) is 19.4. The number of fused-ring (bicyclic) bond motifs is 1. The molecule has 1 saturated heterocycles. The number of benzene rings is 2. The Morgan fingerprint density at radius 3 is 2.60 bits per heavy atom. The Balaban J connectivity index is 1.43. The Bertz CT molecular complexity index is 1090. The molecule has 0 aliphatic carbocycles. The molecule has 2 heterocycles. The number of furan rings is 1. The van der Waals surface area contributed by atoms with Crippen LogP contribution in [0.4, 0.5) is 16.2 Å². The van der Waals surface area contributed by atoms with Crippen molar-refractivity contribution in [3.63, 3.8) is 0 Å². The van der Waals surface area contributed by atoms with Gasteiger partial charge in [0.1, 0.15) is 11.3 Å². The zero-order chi connectivity index (χ0) is 21.3. The molecule has 3 aromatic rings. The van der Waals surface area contributed by atoms with E-state index in [1.54, 1.807) is 34.1 Å². The molecule has 9 heteroatoms. The standard InChI is InChI=1S/C21H20N4O5/c1-14-13-23(20(26)19-12-15-6-2-5-9-18(15)30-19)10-11-24(14)21(27)22-16-7-3-4-8-17(16)25(28)29/h2-9,12,14H,10-11,13H2,1H3,(H,22,27). The molecule has 1 fully saturated rings. The second-order valence-electron chi connectivity index (χ2n) is 7.15. The molecular formula is C21H20N4O5. The topological polar surface area (TPSA) is 109 Å². The predicted molar refractivity (Wildman–Crippen MR) is 110 cm³/mol. The van der Waals surface area contributed by atoms with Gasteiger partial charge in [-0.25, -0.2) is 4.79 Å². The van der Waals surface area contributed by atoms with Crippen molar-refractivity contribution in [3.05, 3.63) is 70.5 Å². The number of nitro groups is 1. The predicted octanol–water partition coefficient (Wildman–Crippen LogP) is 3.72. The number of carbonyl (C=O) groups excluding carboxylic acids is 2. The fourth-order valence-corrected chi connectivity index (χ4v) is 3.61. The summed E-state index contributed by atoms with van der Waals surface area (Å²) in [6.45, 7) is 2.81. The molecule has 154 valence electrons. The third-order valence-electron chi connectivity index (χ3n) is 5.15. The lowest BCUT2D eigenvalue weighted by Crippen LogP contribution is -2.56. The van der Waals surface area contributed by atoms with E-state index in [9.17, 15) is 19.7 Å². The monoisotopic (exact) mass is 408 g/mol. The molecule has 0 radical (unpaired) electrons. The Morgan fingerprint density at radius 2 is 1.87 bits per heavy atom. The van der Waals surface area contributed by atoms with E-state index in [4.69, 9.17) is 4.42 Å². The fourth-order valence-electron chi connectivity index (χ4n) is 3.61. The molecule has 3 amide bonds. The first-order valence-corrected chi connectivity index (χ1v) is 9.53. The second-order valence-corrected chi connectivity index (χ2v) is 7.15. The quantitative estimate of drug-likeness (QED) is 0.525. The van der Waals surface area contributed by atoms with Crippen molar-refractivity contribution in [3.8, 4) is 0 Å². The first-order valence-electron chi connectivity index (χ1n) is 9.53. The van der Waals surface area contributed by atoms with E-state index in [-0.39, 0.29) is 29.1 Å². The average molecular weight is 408 g/mol. The van der Waals surface area contributed by atoms with Crippen molar-refractivity contribution in [2.24, 2.45) is 0 Å². The molecule has 1 atom stereocenters. The van der Waals surface area contributed by atoms with Crippen molar-refractivity contribution in [1.82, 2.24) is 9.80 Å². The molecule has 4 rings (SSSR count). The third kappa shape index (κ3) is 3.69. The smallest absolute Gasteiger partial charge is 0.322 e. The molecule has 1 aliphatic rings. The van der Waals surface area contributed by atoms with Gasteiger partial charge in [0, 0.05) is 37.1 Å². The molecule has 30 heavy (non-hydrogen) atoms. The SMILES string of the molecule is CC1CN(C(=O)c2cc3ccccc3o2)CCN1C(=O)Nc1ccccc1[N+](=O)[O-]. The van der Waals surface area contributed by atoms with Crippen molar-refractivity contribution >= 4 is 34.3 Å². The van der Waals surface area contributed by atoms with Gasteiger partial charge in [-0.3, -0.25) is 14.9 Å². The highest BCUT2D eigenvalue weighted by molar-refractivity contribution is 5.96. The zero-order valence-corrected chi connectivity index (χ0v) is 16.3. The third-order valence-corrected chi connectivity index (χ3v) is 5.15. The lowest BCUT2D eigenvalue weighted by Gasteiger charge is -2.39. The highest BCUT2D eigenvalue weighted by Crippen LogP contribution is 2.25. The molecular weight excluding hydrogens is 388 g/mol. The Kier molecular flexibility index (Phi) is 5.09. The molecule has 0 saturated carbocycles. The number of hydrogen-bond donors (Lipinski definition) is 1. The minimum absolute atomic E-state index is 0.139. The van der Waals surface area contributed by atoms with Gasteiger partial charge in [0.15, 0.2) is 5.76 Å². The lowest BCUT2D eigenvalue weighted by molar-refractivity contribution is -0.383. The summed E-state index contributed by atoms with van der Waals surface area (Å²) in [5.74, 6) is 0.0398. The Hall–Kier alpha value is -3.88. The Morgan fingerprint density at radius 1 is 1.13 bits per heavy atom. The summed E-state index contributed by atoms with van der Waals surface area (Å²) in [5.41, 5.74) is 0.619. The number of nitro benzene ring substituents is 1. The van der Waals surface area contributed by atoms with E-state index < -0.39 is 11.0 Å².